The Morgan fingerprint density at radius 3 is 1.64 bits per heavy atom. The summed E-state index contributed by atoms with van der Waals surface area (Å²) in [6.45, 7) is 42.3. The molecular weight excluding hydrogens is 1330 g/mol. The third-order valence-corrected chi connectivity index (χ3v) is 18.0. The summed E-state index contributed by atoms with van der Waals surface area (Å²) in [5.41, 5.74) is 7.33. The molecule has 1 amide bonds. The Hall–Kier alpha value is -8.38. The molecule has 8 bridgehead atoms. The van der Waals surface area contributed by atoms with Crippen LogP contribution in [0.5, 0.6) is 5.88 Å². The maximum Gasteiger partial charge on any atom is 0.320 e. The Bertz CT molecular complexity index is 4210. The van der Waals surface area contributed by atoms with Gasteiger partial charge in [-0.15, -0.1) is 0 Å². The van der Waals surface area contributed by atoms with Crippen LogP contribution >= 0.6 is 0 Å². The van der Waals surface area contributed by atoms with Crippen molar-refractivity contribution < 1.29 is 62.3 Å². The van der Waals surface area contributed by atoms with E-state index in [0.717, 1.165) is 86.7 Å². The predicted molar refractivity (Wildman–Crippen MR) is 413 cm³/mol. The number of nitrogens with zero attached hydrogens (tertiary/aromatic N) is 5. The summed E-state index contributed by atoms with van der Waals surface area (Å²) in [6, 6.07) is 6.49. The number of nitrogens with one attached hydrogen (secondary N) is 4. The number of benzene rings is 1. The highest BCUT2D eigenvalue weighted by Crippen LogP contribution is 2.40. The lowest BCUT2D eigenvalue weighted by Crippen LogP contribution is -2.52. The largest absolute Gasteiger partial charge is 0.494 e. The molecule has 0 aliphatic carbocycles. The van der Waals surface area contributed by atoms with Gasteiger partial charge in [0.25, 0.3) is 5.56 Å². The molecule has 23 nitrogen and oxygen atoms in total. The van der Waals surface area contributed by atoms with E-state index in [4.69, 9.17) is 33.4 Å². The average Bonchev–Trinajstić information content (AvgIpc) is 1.59. The number of H-pyrrole nitrogens is 3. The topological polar surface area (TPSA) is 282 Å². The number of aromatic hydroxyl groups is 1. The molecule has 576 valence electrons. The number of ether oxygens (including phenoxy) is 6. The van der Waals surface area contributed by atoms with Gasteiger partial charge in [0.15, 0.2) is 0 Å². The van der Waals surface area contributed by atoms with E-state index in [1.807, 2.05) is 45.1 Å². The number of amides is 1. The fraction of sp³-hybridized carbons (Fsp3) is 0.585. The van der Waals surface area contributed by atoms with Crippen molar-refractivity contribution in [2.75, 3.05) is 64.3 Å². The van der Waals surface area contributed by atoms with Crippen LogP contribution in [-0.2, 0) is 76.6 Å². The summed E-state index contributed by atoms with van der Waals surface area (Å²) in [7, 11) is 0. The molecule has 2 aliphatic heterocycles. The second-order valence-electron chi connectivity index (χ2n) is 33.0. The van der Waals surface area contributed by atoms with E-state index in [-0.39, 0.29) is 102 Å². The van der Waals surface area contributed by atoms with Gasteiger partial charge in [0, 0.05) is 84.3 Å². The highest BCUT2D eigenvalue weighted by Gasteiger charge is 2.35. The van der Waals surface area contributed by atoms with Gasteiger partial charge in [-0.25, -0.2) is 4.99 Å². The maximum atomic E-state index is 14.8. The molecule has 0 spiro atoms. The van der Waals surface area contributed by atoms with E-state index < -0.39 is 63.9 Å². The number of unbranched alkanes of at least 4 members (excludes halogenated alkanes) is 2. The maximum absolute atomic E-state index is 14.8. The minimum absolute atomic E-state index is 0.0127. The molecule has 5 aromatic rings. The molecule has 0 saturated carbocycles. The molecule has 4 aromatic heterocycles. The minimum atomic E-state index is -0.888. The van der Waals surface area contributed by atoms with Crippen molar-refractivity contribution in [3.8, 4) is 5.88 Å². The molecule has 105 heavy (non-hydrogen) atoms. The number of aromatic amines is 3. The fourth-order valence-corrected chi connectivity index (χ4v) is 13.3. The van der Waals surface area contributed by atoms with Crippen molar-refractivity contribution in [2.45, 2.75) is 257 Å². The van der Waals surface area contributed by atoms with Crippen molar-refractivity contribution in [2.24, 2.45) is 4.99 Å². The smallest absolute Gasteiger partial charge is 0.320 e. The van der Waals surface area contributed by atoms with Gasteiger partial charge in [-0.2, -0.15) is 0 Å². The SMILES string of the molecule is CCCCOC(C)c1c2[nH]c(c1C)C=C1N=C(C(CCC(=O)Nc3ccc(CC(CN(CCN(CC(=O)OC(C)(C)C)CC(=O)OC(C)(C)C)CC(=O)OC(C)(C)C)N(CC(=O)OC(C)(C)C)CC(=O)OC(C)(C)C)cc3)=C1C)c1c(O)n(CCCC)c(=O)c3c(C)c([nH]c13)C=c1[nH]c(c(C)c1CC)=C2. The first-order valence-electron chi connectivity index (χ1n) is 37.3. The Morgan fingerprint density at radius 1 is 0.610 bits per heavy atom. The van der Waals surface area contributed by atoms with Crippen molar-refractivity contribution in [3.05, 3.63) is 118 Å². The van der Waals surface area contributed by atoms with E-state index >= 15 is 0 Å². The number of carbonyl (C=O) groups excluding carboxylic acids is 6. The summed E-state index contributed by atoms with van der Waals surface area (Å²) >= 11 is 0. The first-order chi connectivity index (χ1) is 48.8. The van der Waals surface area contributed by atoms with Crippen molar-refractivity contribution in [1.82, 2.24) is 34.2 Å². The second kappa shape index (κ2) is 34.9. The lowest BCUT2D eigenvalue weighted by Gasteiger charge is -2.36. The third kappa shape index (κ3) is 23.8. The van der Waals surface area contributed by atoms with E-state index in [1.54, 1.807) is 131 Å². The molecule has 2 atom stereocenters. The number of fused-ring (bicyclic) bond motifs is 7. The fourth-order valence-electron chi connectivity index (χ4n) is 13.3. The van der Waals surface area contributed by atoms with Crippen LogP contribution in [0.1, 0.15) is 239 Å². The van der Waals surface area contributed by atoms with E-state index in [1.165, 1.54) is 4.57 Å². The van der Waals surface area contributed by atoms with Gasteiger partial charge in [0.2, 0.25) is 11.8 Å². The number of hydrogen-bond acceptors (Lipinski definition) is 18. The van der Waals surface area contributed by atoms with Crippen molar-refractivity contribution >= 4 is 76.3 Å². The molecule has 2 unspecified atom stereocenters. The molecule has 5 N–H and O–H groups in total. The van der Waals surface area contributed by atoms with Gasteiger partial charge < -0.3 is 53.8 Å². The summed E-state index contributed by atoms with van der Waals surface area (Å²) in [6.07, 6.45) is 10.4. The highest BCUT2D eigenvalue weighted by molar-refractivity contribution is 6.23. The van der Waals surface area contributed by atoms with Crippen LogP contribution < -0.4 is 21.6 Å². The lowest BCUT2D eigenvalue weighted by atomic mass is 9.94. The van der Waals surface area contributed by atoms with E-state index in [9.17, 15) is 38.7 Å². The number of rotatable bonds is 31. The zero-order valence-corrected chi connectivity index (χ0v) is 66.9. The van der Waals surface area contributed by atoms with E-state index in [2.05, 4.69) is 61.0 Å². The van der Waals surface area contributed by atoms with Crippen LogP contribution in [0.25, 0.3) is 29.1 Å². The Labute approximate surface area is 620 Å². The number of anilines is 1. The van der Waals surface area contributed by atoms with Crippen LogP contribution in [0.15, 0.2) is 50.9 Å². The summed E-state index contributed by atoms with van der Waals surface area (Å²) in [4.78, 5) is 120. The molecule has 6 heterocycles. The van der Waals surface area contributed by atoms with Gasteiger partial charge in [-0.3, -0.25) is 52.8 Å². The second-order valence-corrected chi connectivity index (χ2v) is 33.0. The minimum Gasteiger partial charge on any atom is -0.494 e. The van der Waals surface area contributed by atoms with Gasteiger partial charge in [0.1, 0.15) is 28.0 Å². The average molecular weight is 1450 g/mol. The Morgan fingerprint density at radius 2 is 1.11 bits per heavy atom. The monoisotopic (exact) mass is 1450 g/mol. The zero-order chi connectivity index (χ0) is 78.0. The first-order valence-corrected chi connectivity index (χ1v) is 37.3. The predicted octanol–water partition coefficient (Wildman–Crippen LogP) is 11.9. The number of aryl methyl sites for hydroxylation is 1. The molecular formula is C82H119N9O14. The van der Waals surface area contributed by atoms with Gasteiger partial charge in [0.05, 0.1) is 66.7 Å². The molecule has 7 rings (SSSR count). The van der Waals surface area contributed by atoms with Crippen LogP contribution in [-0.4, -0.2) is 174 Å². The summed E-state index contributed by atoms with van der Waals surface area (Å²) in [5.74, 6) is -3.48. The zero-order valence-electron chi connectivity index (χ0n) is 66.9. The van der Waals surface area contributed by atoms with Gasteiger partial charge >= 0.3 is 29.8 Å². The first kappa shape index (κ1) is 83.9. The number of hydrogen-bond donors (Lipinski definition) is 5. The van der Waals surface area contributed by atoms with Crippen LogP contribution in [0.2, 0.25) is 0 Å². The Kier molecular flexibility index (Phi) is 27.9. The van der Waals surface area contributed by atoms with Gasteiger partial charge in [-0.1, -0.05) is 45.7 Å². The number of carbonyl (C=O) groups is 6. The molecule has 23 heteroatoms. The quantitative estimate of drug-likeness (QED) is 0.0157. The third-order valence-electron chi connectivity index (χ3n) is 18.0. The summed E-state index contributed by atoms with van der Waals surface area (Å²) < 4.78 is 37.0. The van der Waals surface area contributed by atoms with Crippen LogP contribution in [0, 0.1) is 20.8 Å². The number of esters is 5. The van der Waals surface area contributed by atoms with E-state index in [0.29, 0.717) is 57.9 Å². The van der Waals surface area contributed by atoms with Crippen LogP contribution in [0.3, 0.4) is 0 Å². The highest BCUT2D eigenvalue weighted by atomic mass is 16.6. The normalized spacial score (nSPS) is 14.2. The number of pyridine rings is 1. The lowest BCUT2D eigenvalue weighted by molar-refractivity contribution is -0.162. The number of allylic oxidation sites excluding steroid dienone is 2. The molecule has 1 aromatic carbocycles. The molecule has 0 saturated heterocycles. The number of aromatic nitrogens is 4. The van der Waals surface area contributed by atoms with Gasteiger partial charge in [-0.05, 0) is 240 Å². The summed E-state index contributed by atoms with van der Waals surface area (Å²) in [5, 5.41) is 18.0. The number of aliphatic imine (C=N–C) groups is 1. The molecule has 0 radical (unpaired) electrons. The molecule has 2 aliphatic rings. The van der Waals surface area contributed by atoms with Crippen molar-refractivity contribution in [3.63, 3.8) is 0 Å². The molecule has 0 fully saturated rings. The standard InChI is InChI=1S/C82H119N9O14/c1-24-27-35-91-76(98)72-52(7)62-41-63-57(26-3)49(4)59(84-63)42-64-71(53(8)100-38-28-25-2)51(6)61(85-64)40-60-50(5)58(74(86-60)73(77(91)99)75(72)87-62)33-34-65(92)83-55-31-29-54(30-32-55)39-56(90(47-69(96)104-81(18,19)20)48-70(97)105-82(21,22)23)43-88(44-66(93)101-78(9,10)11)36-37-89(45-67(94)102-79(12,13)14)46-68(95)103-80(15,16)17/h29-32,40-42,53,56,84-85,87,99H,24-28,33-39,43-48H2,1-23H3,(H,83,92). The Balaban J connectivity index is 1.28. The van der Waals surface area contributed by atoms with Crippen molar-refractivity contribution in [1.29, 1.82) is 0 Å². The van der Waals surface area contributed by atoms with Crippen LogP contribution in [0.4, 0.5) is 5.69 Å².